The summed E-state index contributed by atoms with van der Waals surface area (Å²) < 4.78 is 5.38. The van der Waals surface area contributed by atoms with Gasteiger partial charge in [-0.25, -0.2) is 0 Å². The Balaban J connectivity index is 1.68. The van der Waals surface area contributed by atoms with E-state index in [2.05, 4.69) is 15.1 Å². The second-order valence-corrected chi connectivity index (χ2v) is 5.39. The lowest BCUT2D eigenvalue weighted by atomic mass is 9.96. The zero-order chi connectivity index (χ0) is 13.5. The molecule has 5 heteroatoms. The van der Waals surface area contributed by atoms with Gasteiger partial charge in [-0.3, -0.25) is 9.69 Å². The normalized spacial score (nSPS) is 22.7. The molecule has 2 rings (SSSR count). The van der Waals surface area contributed by atoms with Gasteiger partial charge in [0.1, 0.15) is 0 Å². The molecule has 0 unspecified atom stereocenters. The van der Waals surface area contributed by atoms with E-state index in [0.29, 0.717) is 5.91 Å². The Bertz CT molecular complexity index is 272. The van der Waals surface area contributed by atoms with Crippen molar-refractivity contribution in [2.24, 2.45) is 5.92 Å². The Morgan fingerprint density at radius 2 is 1.89 bits per heavy atom. The molecule has 1 N–H and O–H groups in total. The van der Waals surface area contributed by atoms with E-state index in [1.165, 1.54) is 0 Å². The minimum Gasteiger partial charge on any atom is -0.380 e. The number of carbonyl (C=O) groups is 1. The monoisotopic (exact) mass is 269 g/mol. The minimum absolute atomic E-state index is 0.260. The van der Waals surface area contributed by atoms with Crippen LogP contribution >= 0.6 is 0 Å². The van der Waals surface area contributed by atoms with Crippen LogP contribution in [-0.2, 0) is 9.53 Å². The van der Waals surface area contributed by atoms with Gasteiger partial charge in [-0.05, 0) is 32.9 Å². The number of amides is 1. The molecule has 0 radical (unpaired) electrons. The number of rotatable bonds is 5. The fourth-order valence-electron chi connectivity index (χ4n) is 2.86. The van der Waals surface area contributed by atoms with Gasteiger partial charge in [-0.1, -0.05) is 0 Å². The van der Waals surface area contributed by atoms with Crippen molar-refractivity contribution in [3.8, 4) is 0 Å². The second-order valence-electron chi connectivity index (χ2n) is 5.39. The SMILES string of the molecule is CCOCCN1CCN(C(=O)C2CCNCC2)CC1. The number of ether oxygens (including phenoxy) is 1. The number of carbonyl (C=O) groups excluding carboxylic acids is 1. The largest absolute Gasteiger partial charge is 0.380 e. The first-order chi connectivity index (χ1) is 9.31. The zero-order valence-electron chi connectivity index (χ0n) is 12.1. The number of hydrogen-bond acceptors (Lipinski definition) is 4. The molecule has 0 aromatic heterocycles. The summed E-state index contributed by atoms with van der Waals surface area (Å²) in [6.07, 6.45) is 2.01. The van der Waals surface area contributed by atoms with Crippen LogP contribution in [0.15, 0.2) is 0 Å². The third-order valence-corrected chi connectivity index (χ3v) is 4.13. The van der Waals surface area contributed by atoms with Crippen molar-refractivity contribution in [2.45, 2.75) is 19.8 Å². The average Bonchev–Trinajstić information content (AvgIpc) is 2.48. The first-order valence-electron chi connectivity index (χ1n) is 7.61. The van der Waals surface area contributed by atoms with Crippen molar-refractivity contribution in [3.63, 3.8) is 0 Å². The lowest BCUT2D eigenvalue weighted by molar-refractivity contribution is -0.138. The smallest absolute Gasteiger partial charge is 0.225 e. The summed E-state index contributed by atoms with van der Waals surface area (Å²) in [6.45, 7) is 10.3. The zero-order valence-corrected chi connectivity index (χ0v) is 12.1. The number of nitrogens with zero attached hydrogens (tertiary/aromatic N) is 2. The molecule has 0 bridgehead atoms. The molecule has 110 valence electrons. The molecule has 0 spiro atoms. The van der Waals surface area contributed by atoms with Gasteiger partial charge in [-0.15, -0.1) is 0 Å². The maximum Gasteiger partial charge on any atom is 0.225 e. The topological polar surface area (TPSA) is 44.8 Å². The molecule has 0 aliphatic carbocycles. The molecule has 0 aromatic rings. The van der Waals surface area contributed by atoms with E-state index in [0.717, 1.165) is 71.9 Å². The Hall–Kier alpha value is -0.650. The van der Waals surface area contributed by atoms with Gasteiger partial charge in [0.05, 0.1) is 6.61 Å². The van der Waals surface area contributed by atoms with Crippen molar-refractivity contribution in [1.29, 1.82) is 0 Å². The van der Waals surface area contributed by atoms with E-state index in [4.69, 9.17) is 4.74 Å². The number of hydrogen-bond donors (Lipinski definition) is 1. The van der Waals surface area contributed by atoms with Crippen molar-refractivity contribution in [3.05, 3.63) is 0 Å². The molecule has 2 aliphatic heterocycles. The van der Waals surface area contributed by atoms with E-state index >= 15 is 0 Å². The average molecular weight is 269 g/mol. The van der Waals surface area contributed by atoms with Crippen LogP contribution < -0.4 is 5.32 Å². The summed E-state index contributed by atoms with van der Waals surface area (Å²) in [6, 6.07) is 0. The molecule has 0 atom stereocenters. The summed E-state index contributed by atoms with van der Waals surface area (Å²) in [4.78, 5) is 16.8. The summed E-state index contributed by atoms with van der Waals surface area (Å²) in [7, 11) is 0. The maximum atomic E-state index is 12.4. The molecule has 19 heavy (non-hydrogen) atoms. The van der Waals surface area contributed by atoms with Crippen molar-refractivity contribution >= 4 is 5.91 Å². The molecule has 2 heterocycles. The molecule has 2 saturated heterocycles. The van der Waals surface area contributed by atoms with Gasteiger partial charge in [0.25, 0.3) is 0 Å². The fraction of sp³-hybridized carbons (Fsp3) is 0.929. The van der Waals surface area contributed by atoms with Gasteiger partial charge in [0.2, 0.25) is 5.91 Å². The third kappa shape index (κ3) is 4.44. The standard InChI is InChI=1S/C14H27N3O2/c1-2-19-12-11-16-7-9-17(10-8-16)14(18)13-3-5-15-6-4-13/h13,15H,2-12H2,1H3. The molecule has 5 nitrogen and oxygen atoms in total. The summed E-state index contributed by atoms with van der Waals surface area (Å²) in [5, 5.41) is 3.32. The summed E-state index contributed by atoms with van der Waals surface area (Å²) in [5.41, 5.74) is 0. The highest BCUT2D eigenvalue weighted by molar-refractivity contribution is 5.79. The van der Waals surface area contributed by atoms with Crippen molar-refractivity contribution in [2.75, 3.05) is 59.0 Å². The van der Waals surface area contributed by atoms with E-state index in [9.17, 15) is 4.79 Å². The van der Waals surface area contributed by atoms with Crippen LogP contribution in [0.4, 0.5) is 0 Å². The van der Waals surface area contributed by atoms with Crippen LogP contribution in [0, 0.1) is 5.92 Å². The molecular weight excluding hydrogens is 242 g/mol. The number of piperidine rings is 1. The molecular formula is C14H27N3O2. The van der Waals surface area contributed by atoms with Crippen LogP contribution in [0.25, 0.3) is 0 Å². The molecule has 2 fully saturated rings. The highest BCUT2D eigenvalue weighted by atomic mass is 16.5. The highest BCUT2D eigenvalue weighted by Crippen LogP contribution is 2.16. The van der Waals surface area contributed by atoms with Gasteiger partial charge < -0.3 is 15.0 Å². The van der Waals surface area contributed by atoms with Gasteiger partial charge in [-0.2, -0.15) is 0 Å². The quantitative estimate of drug-likeness (QED) is 0.723. The third-order valence-electron chi connectivity index (χ3n) is 4.13. The Morgan fingerprint density at radius 3 is 2.53 bits per heavy atom. The molecule has 0 aromatic carbocycles. The van der Waals surface area contributed by atoms with Crippen LogP contribution in [-0.4, -0.2) is 74.7 Å². The van der Waals surface area contributed by atoms with E-state index in [1.807, 2.05) is 6.92 Å². The summed E-state index contributed by atoms with van der Waals surface area (Å²) >= 11 is 0. The molecule has 1 amide bonds. The van der Waals surface area contributed by atoms with Gasteiger partial charge in [0, 0.05) is 45.2 Å². The van der Waals surface area contributed by atoms with Crippen LogP contribution in [0.1, 0.15) is 19.8 Å². The highest BCUT2D eigenvalue weighted by Gasteiger charge is 2.28. The minimum atomic E-state index is 0.260. The van der Waals surface area contributed by atoms with E-state index in [1.54, 1.807) is 0 Å². The Labute approximate surface area is 116 Å². The molecule has 0 saturated carbocycles. The fourth-order valence-corrected chi connectivity index (χ4v) is 2.86. The lowest BCUT2D eigenvalue weighted by Gasteiger charge is -2.37. The van der Waals surface area contributed by atoms with Crippen LogP contribution in [0.5, 0.6) is 0 Å². The maximum absolute atomic E-state index is 12.4. The van der Waals surface area contributed by atoms with Crippen molar-refractivity contribution in [1.82, 2.24) is 15.1 Å². The van der Waals surface area contributed by atoms with Crippen LogP contribution in [0.2, 0.25) is 0 Å². The predicted molar refractivity (Wildman–Crippen MR) is 75.1 cm³/mol. The van der Waals surface area contributed by atoms with Gasteiger partial charge in [0.15, 0.2) is 0 Å². The second kappa shape index (κ2) is 7.82. The van der Waals surface area contributed by atoms with Gasteiger partial charge >= 0.3 is 0 Å². The summed E-state index contributed by atoms with van der Waals surface area (Å²) in [5.74, 6) is 0.641. The van der Waals surface area contributed by atoms with Crippen molar-refractivity contribution < 1.29 is 9.53 Å². The predicted octanol–water partition coefficient (Wildman–Crippen LogP) is 0.167. The number of piperazine rings is 1. The van der Waals surface area contributed by atoms with E-state index < -0.39 is 0 Å². The molecule has 2 aliphatic rings. The first kappa shape index (κ1) is 14.8. The van der Waals surface area contributed by atoms with E-state index in [-0.39, 0.29) is 5.92 Å². The first-order valence-corrected chi connectivity index (χ1v) is 7.61. The number of nitrogens with one attached hydrogen (secondary N) is 1. The Kier molecular flexibility index (Phi) is 6.07. The Morgan fingerprint density at radius 1 is 1.21 bits per heavy atom. The van der Waals surface area contributed by atoms with Crippen LogP contribution in [0.3, 0.4) is 0 Å². The lowest BCUT2D eigenvalue weighted by Crippen LogP contribution is -2.51.